The summed E-state index contributed by atoms with van der Waals surface area (Å²) in [5, 5.41) is 11.8. The molecule has 0 amide bonds. The highest BCUT2D eigenvalue weighted by atomic mass is 35.5. The lowest BCUT2D eigenvalue weighted by Crippen LogP contribution is -2.03. The number of aryl methyl sites for hydroxylation is 1. The Bertz CT molecular complexity index is 815. The molecule has 0 saturated heterocycles. The molecule has 3 rings (SSSR count). The van der Waals surface area contributed by atoms with Crippen molar-refractivity contribution in [3.05, 3.63) is 52.8 Å². The molecule has 0 aliphatic heterocycles. The Kier molecular flexibility index (Phi) is 3.31. The van der Waals surface area contributed by atoms with Gasteiger partial charge in [0.15, 0.2) is 5.82 Å². The first-order valence-corrected chi connectivity index (χ1v) is 6.54. The average Bonchev–Trinajstić information content (AvgIpc) is 2.90. The van der Waals surface area contributed by atoms with Gasteiger partial charge in [-0.15, -0.1) is 5.10 Å². The zero-order valence-electron chi connectivity index (χ0n) is 11.1. The lowest BCUT2D eigenvalue weighted by molar-refractivity contribution is 0.606. The molecule has 7 heteroatoms. The predicted octanol–water partition coefficient (Wildman–Crippen LogP) is 3.01. The van der Waals surface area contributed by atoms with Gasteiger partial charge in [0.25, 0.3) is 0 Å². The summed E-state index contributed by atoms with van der Waals surface area (Å²) < 4.78 is 15.4. The van der Waals surface area contributed by atoms with Gasteiger partial charge in [-0.3, -0.25) is 0 Å². The van der Waals surface area contributed by atoms with E-state index in [9.17, 15) is 4.39 Å². The zero-order valence-corrected chi connectivity index (χ0v) is 11.8. The van der Waals surface area contributed by atoms with Gasteiger partial charge in [0.2, 0.25) is 0 Å². The number of nitrogens with zero attached hydrogens (tertiary/aromatic N) is 4. The average molecular weight is 304 g/mol. The number of hydrogen-bond acceptors (Lipinski definition) is 4. The Labute approximate surface area is 125 Å². The molecule has 106 valence electrons. The molecule has 5 nitrogen and oxygen atoms in total. The standard InChI is InChI=1S/C14H11ClFN5/c1-8-2-5-13(12(16)6-8)21-14(18-19-20-21)10-7-9(17)3-4-11(10)15/h2-7H,17H2,1H3. The summed E-state index contributed by atoms with van der Waals surface area (Å²) in [6.07, 6.45) is 0. The summed E-state index contributed by atoms with van der Waals surface area (Å²) in [4.78, 5) is 0. The van der Waals surface area contributed by atoms with Gasteiger partial charge in [-0.05, 0) is 53.2 Å². The van der Waals surface area contributed by atoms with Crippen molar-refractivity contribution in [2.75, 3.05) is 5.73 Å². The van der Waals surface area contributed by atoms with Crippen LogP contribution in [0.5, 0.6) is 0 Å². The molecular formula is C14H11ClFN5. The Morgan fingerprint density at radius 3 is 2.76 bits per heavy atom. The van der Waals surface area contributed by atoms with Gasteiger partial charge in [-0.2, -0.15) is 4.68 Å². The number of anilines is 1. The van der Waals surface area contributed by atoms with Crippen molar-refractivity contribution < 1.29 is 4.39 Å². The van der Waals surface area contributed by atoms with Gasteiger partial charge in [0.05, 0.1) is 5.02 Å². The summed E-state index contributed by atoms with van der Waals surface area (Å²) in [6, 6.07) is 9.79. The molecule has 2 aromatic carbocycles. The summed E-state index contributed by atoms with van der Waals surface area (Å²) in [5.41, 5.74) is 7.89. The first-order chi connectivity index (χ1) is 10.1. The maximum atomic E-state index is 14.1. The van der Waals surface area contributed by atoms with Gasteiger partial charge < -0.3 is 5.73 Å². The van der Waals surface area contributed by atoms with E-state index in [1.165, 1.54) is 10.7 Å². The molecule has 0 bridgehead atoms. The number of aromatic nitrogens is 4. The van der Waals surface area contributed by atoms with Crippen molar-refractivity contribution in [3.8, 4) is 17.1 Å². The summed E-state index contributed by atoms with van der Waals surface area (Å²) in [6.45, 7) is 1.81. The Balaban J connectivity index is 2.19. The molecule has 21 heavy (non-hydrogen) atoms. The third-order valence-electron chi connectivity index (χ3n) is 3.03. The van der Waals surface area contributed by atoms with Crippen LogP contribution in [0.1, 0.15) is 5.56 Å². The van der Waals surface area contributed by atoms with E-state index in [1.807, 2.05) is 6.92 Å². The molecule has 0 atom stereocenters. The van der Waals surface area contributed by atoms with Gasteiger partial charge in [0, 0.05) is 11.3 Å². The van der Waals surface area contributed by atoms with Gasteiger partial charge in [0.1, 0.15) is 11.5 Å². The van der Waals surface area contributed by atoms with Crippen LogP contribution < -0.4 is 5.73 Å². The fourth-order valence-corrected chi connectivity index (χ4v) is 2.22. The van der Waals surface area contributed by atoms with Crippen LogP contribution in [0, 0.1) is 12.7 Å². The normalized spacial score (nSPS) is 10.8. The molecule has 3 aromatic rings. The van der Waals surface area contributed by atoms with E-state index in [-0.39, 0.29) is 5.69 Å². The van der Waals surface area contributed by atoms with Crippen molar-refractivity contribution in [3.63, 3.8) is 0 Å². The first kappa shape index (κ1) is 13.5. The van der Waals surface area contributed by atoms with Crippen molar-refractivity contribution >= 4 is 17.3 Å². The number of benzene rings is 2. The van der Waals surface area contributed by atoms with Crippen LogP contribution >= 0.6 is 11.6 Å². The van der Waals surface area contributed by atoms with Crippen LogP contribution in [0.3, 0.4) is 0 Å². The second-order valence-electron chi connectivity index (χ2n) is 4.61. The number of tetrazole rings is 1. The first-order valence-electron chi connectivity index (χ1n) is 6.16. The van der Waals surface area contributed by atoms with E-state index in [2.05, 4.69) is 15.5 Å². The molecule has 0 spiro atoms. The van der Waals surface area contributed by atoms with E-state index >= 15 is 0 Å². The summed E-state index contributed by atoms with van der Waals surface area (Å²) >= 11 is 6.15. The number of nitrogens with two attached hydrogens (primary N) is 1. The van der Waals surface area contributed by atoms with Crippen molar-refractivity contribution in [1.29, 1.82) is 0 Å². The molecule has 1 aromatic heterocycles. The summed E-state index contributed by atoms with van der Waals surface area (Å²) in [5.74, 6) is -0.0846. The van der Waals surface area contributed by atoms with E-state index in [1.54, 1.807) is 30.3 Å². The summed E-state index contributed by atoms with van der Waals surface area (Å²) in [7, 11) is 0. The van der Waals surface area contributed by atoms with Crippen LogP contribution in [0.4, 0.5) is 10.1 Å². The van der Waals surface area contributed by atoms with Gasteiger partial charge >= 0.3 is 0 Å². The smallest absolute Gasteiger partial charge is 0.188 e. The maximum Gasteiger partial charge on any atom is 0.188 e. The molecule has 2 N–H and O–H groups in total. The number of nitrogen functional groups attached to an aromatic ring is 1. The minimum Gasteiger partial charge on any atom is -0.399 e. The lowest BCUT2D eigenvalue weighted by Gasteiger charge is -2.08. The maximum absolute atomic E-state index is 14.1. The fraction of sp³-hybridized carbons (Fsp3) is 0.0714. The molecule has 0 fully saturated rings. The highest BCUT2D eigenvalue weighted by Crippen LogP contribution is 2.29. The van der Waals surface area contributed by atoms with Crippen LogP contribution in [-0.4, -0.2) is 20.2 Å². The largest absolute Gasteiger partial charge is 0.399 e. The van der Waals surface area contributed by atoms with E-state index in [0.29, 0.717) is 22.1 Å². The molecule has 0 saturated carbocycles. The van der Waals surface area contributed by atoms with Crippen molar-refractivity contribution in [2.45, 2.75) is 6.92 Å². The number of hydrogen-bond donors (Lipinski definition) is 1. The monoisotopic (exact) mass is 303 g/mol. The third kappa shape index (κ3) is 2.45. The van der Waals surface area contributed by atoms with E-state index < -0.39 is 5.82 Å². The van der Waals surface area contributed by atoms with Crippen LogP contribution in [-0.2, 0) is 0 Å². The Hall–Kier alpha value is -2.47. The van der Waals surface area contributed by atoms with Crippen molar-refractivity contribution in [2.24, 2.45) is 0 Å². The molecule has 1 heterocycles. The number of halogens is 2. The van der Waals surface area contributed by atoms with Crippen LogP contribution in [0.25, 0.3) is 17.1 Å². The Morgan fingerprint density at radius 2 is 2.00 bits per heavy atom. The molecule has 0 aliphatic carbocycles. The van der Waals surface area contributed by atoms with Crippen LogP contribution in [0.2, 0.25) is 5.02 Å². The highest BCUT2D eigenvalue weighted by Gasteiger charge is 2.16. The number of rotatable bonds is 2. The zero-order chi connectivity index (χ0) is 15.0. The minimum absolute atomic E-state index is 0.249. The third-order valence-corrected chi connectivity index (χ3v) is 3.36. The second-order valence-corrected chi connectivity index (χ2v) is 5.02. The molecule has 0 aliphatic rings. The topological polar surface area (TPSA) is 69.6 Å². The molecular weight excluding hydrogens is 293 g/mol. The predicted molar refractivity (Wildman–Crippen MR) is 78.7 cm³/mol. The van der Waals surface area contributed by atoms with E-state index in [0.717, 1.165) is 5.56 Å². The molecule has 0 unspecified atom stereocenters. The highest BCUT2D eigenvalue weighted by molar-refractivity contribution is 6.33. The van der Waals surface area contributed by atoms with Crippen molar-refractivity contribution in [1.82, 2.24) is 20.2 Å². The second kappa shape index (κ2) is 5.14. The fourth-order valence-electron chi connectivity index (χ4n) is 2.02. The Morgan fingerprint density at radius 1 is 1.19 bits per heavy atom. The quantitative estimate of drug-likeness (QED) is 0.739. The minimum atomic E-state index is -0.413. The van der Waals surface area contributed by atoms with Gasteiger partial charge in [-0.25, -0.2) is 4.39 Å². The lowest BCUT2D eigenvalue weighted by atomic mass is 10.1. The van der Waals surface area contributed by atoms with Gasteiger partial charge in [-0.1, -0.05) is 17.7 Å². The SMILES string of the molecule is Cc1ccc(-n2nnnc2-c2cc(N)ccc2Cl)c(F)c1. The van der Waals surface area contributed by atoms with Crippen LogP contribution in [0.15, 0.2) is 36.4 Å². The molecule has 0 radical (unpaired) electrons. The van der Waals surface area contributed by atoms with E-state index in [4.69, 9.17) is 17.3 Å².